The van der Waals surface area contributed by atoms with E-state index in [-0.39, 0.29) is 0 Å². The van der Waals surface area contributed by atoms with Crippen molar-refractivity contribution in [3.05, 3.63) is 17.8 Å². The lowest BCUT2D eigenvalue weighted by Gasteiger charge is -2.37. The van der Waals surface area contributed by atoms with Crippen molar-refractivity contribution in [2.45, 2.75) is 19.9 Å². The van der Waals surface area contributed by atoms with Gasteiger partial charge in [0.25, 0.3) is 0 Å². The van der Waals surface area contributed by atoms with Gasteiger partial charge in [0.1, 0.15) is 5.82 Å². The molecule has 0 bridgehead atoms. The smallest absolute Gasteiger partial charge is 0.129 e. The fourth-order valence-electron chi connectivity index (χ4n) is 1.94. The first kappa shape index (κ1) is 10.8. The van der Waals surface area contributed by atoms with Crippen molar-refractivity contribution >= 4 is 14.0 Å². The van der Waals surface area contributed by atoms with E-state index >= 15 is 0 Å². The predicted molar refractivity (Wildman–Crippen MR) is 65.7 cm³/mol. The van der Waals surface area contributed by atoms with Crippen LogP contribution in [-0.2, 0) is 0 Å². The maximum absolute atomic E-state index is 4.42. The second kappa shape index (κ2) is 4.91. The molecule has 0 N–H and O–H groups in total. The van der Waals surface area contributed by atoms with Gasteiger partial charge in [-0.1, -0.05) is 8.19 Å². The Morgan fingerprint density at radius 1 is 1.27 bits per heavy atom. The van der Waals surface area contributed by atoms with Crippen LogP contribution in [0, 0.1) is 0 Å². The van der Waals surface area contributed by atoms with Crippen molar-refractivity contribution in [3.8, 4) is 0 Å². The van der Waals surface area contributed by atoms with Crippen molar-refractivity contribution in [1.82, 2.24) is 9.88 Å². The predicted octanol–water partition coefficient (Wildman–Crippen LogP) is 2.19. The van der Waals surface area contributed by atoms with E-state index in [9.17, 15) is 0 Å². The van der Waals surface area contributed by atoms with Gasteiger partial charge in [-0.25, -0.2) is 4.98 Å². The summed E-state index contributed by atoms with van der Waals surface area (Å²) in [6.45, 7) is 9.04. The summed E-state index contributed by atoms with van der Waals surface area (Å²) in [5, 5.41) is 0. The fraction of sp³-hybridized carbons (Fsp3) is 0.636. The summed E-state index contributed by atoms with van der Waals surface area (Å²) < 4.78 is 0. The zero-order valence-corrected chi connectivity index (χ0v) is 10.3. The summed E-state index contributed by atoms with van der Waals surface area (Å²) in [7, 11) is 1.20. The van der Waals surface area contributed by atoms with Gasteiger partial charge in [-0.15, -0.1) is 0 Å². The van der Waals surface area contributed by atoms with Gasteiger partial charge in [-0.2, -0.15) is 0 Å². The van der Waals surface area contributed by atoms with Gasteiger partial charge in [0.05, 0.1) is 5.93 Å². The number of hydrogen-bond acceptors (Lipinski definition) is 3. The molecule has 1 fully saturated rings. The van der Waals surface area contributed by atoms with E-state index in [2.05, 4.69) is 40.5 Å². The summed E-state index contributed by atoms with van der Waals surface area (Å²) in [6.07, 6.45) is 0. The molecule has 1 aliphatic rings. The zero-order chi connectivity index (χ0) is 10.7. The molecule has 0 saturated carbocycles. The Morgan fingerprint density at radius 2 is 2.00 bits per heavy atom. The average Bonchev–Trinajstić information content (AvgIpc) is 2.30. The minimum absolute atomic E-state index is 0.668. The molecule has 0 amide bonds. The first-order valence-corrected chi connectivity index (χ1v) is 6.55. The monoisotopic (exact) mass is 223 g/mol. The molecule has 0 spiro atoms. The van der Waals surface area contributed by atoms with Gasteiger partial charge in [0.15, 0.2) is 0 Å². The van der Waals surface area contributed by atoms with Crippen LogP contribution in [0.4, 0.5) is 5.82 Å². The Hall–Kier alpha value is -0.660. The topological polar surface area (TPSA) is 19.4 Å². The van der Waals surface area contributed by atoms with Crippen LogP contribution in [0.3, 0.4) is 0 Å². The highest BCUT2D eigenvalue weighted by Crippen LogP contribution is 2.16. The maximum atomic E-state index is 4.42. The Morgan fingerprint density at radius 3 is 2.53 bits per heavy atom. The molecule has 2 rings (SSSR count). The normalized spacial score (nSPS) is 19.0. The molecule has 1 aliphatic heterocycles. The Labute approximate surface area is 93.2 Å². The van der Waals surface area contributed by atoms with E-state index in [1.165, 1.54) is 8.19 Å². The van der Waals surface area contributed by atoms with Gasteiger partial charge >= 0.3 is 0 Å². The van der Waals surface area contributed by atoms with E-state index in [4.69, 9.17) is 0 Å². The summed E-state index contributed by atoms with van der Waals surface area (Å²) in [4.78, 5) is 9.32. The highest BCUT2D eigenvalue weighted by molar-refractivity contribution is 7.28. The summed E-state index contributed by atoms with van der Waals surface area (Å²) >= 11 is 0. The number of aromatic nitrogens is 1. The summed E-state index contributed by atoms with van der Waals surface area (Å²) in [5.41, 5.74) is 0. The first-order chi connectivity index (χ1) is 7.27. The van der Waals surface area contributed by atoms with Crippen LogP contribution >= 0.6 is 8.19 Å². The quantitative estimate of drug-likeness (QED) is 0.766. The Balaban J connectivity index is 1.94. The molecule has 15 heavy (non-hydrogen) atoms. The van der Waals surface area contributed by atoms with Crippen LogP contribution in [0.2, 0.25) is 0 Å². The molecule has 1 aromatic rings. The van der Waals surface area contributed by atoms with E-state index in [0.717, 1.165) is 32.0 Å². The molecule has 0 aromatic carbocycles. The largest absolute Gasteiger partial charge is 0.354 e. The van der Waals surface area contributed by atoms with E-state index in [0.29, 0.717) is 6.04 Å². The van der Waals surface area contributed by atoms with Crippen LogP contribution < -0.4 is 4.90 Å². The van der Waals surface area contributed by atoms with Crippen molar-refractivity contribution in [2.24, 2.45) is 0 Å². The molecule has 0 atom stereocenters. The molecule has 82 valence electrons. The molecule has 2 heterocycles. The summed E-state index contributed by atoms with van der Waals surface area (Å²) in [5.74, 6) is 5.25. The minimum atomic E-state index is 0.668. The highest BCUT2D eigenvalue weighted by atomic mass is 31.0. The van der Waals surface area contributed by atoms with E-state index < -0.39 is 0 Å². The highest BCUT2D eigenvalue weighted by Gasteiger charge is 2.19. The minimum Gasteiger partial charge on any atom is -0.354 e. The lowest BCUT2D eigenvalue weighted by Crippen LogP contribution is -2.49. The van der Waals surface area contributed by atoms with Crippen LogP contribution in [-0.4, -0.2) is 42.1 Å². The SMILES string of the molecule is CC(C)N1CCN(c2ccpcn2)CC1. The molecule has 0 aliphatic carbocycles. The first-order valence-electron chi connectivity index (χ1n) is 5.52. The molecule has 0 unspecified atom stereocenters. The molecule has 4 heteroatoms. The van der Waals surface area contributed by atoms with Gasteiger partial charge in [0, 0.05) is 32.2 Å². The van der Waals surface area contributed by atoms with Crippen LogP contribution in [0.5, 0.6) is 0 Å². The summed E-state index contributed by atoms with van der Waals surface area (Å²) in [6, 6.07) is 2.80. The molecule has 3 nitrogen and oxygen atoms in total. The third kappa shape index (κ3) is 2.67. The maximum Gasteiger partial charge on any atom is 0.129 e. The molecule has 0 radical (unpaired) electrons. The van der Waals surface area contributed by atoms with Gasteiger partial charge in [-0.05, 0) is 25.7 Å². The zero-order valence-electron chi connectivity index (χ0n) is 9.43. The van der Waals surface area contributed by atoms with Crippen molar-refractivity contribution in [2.75, 3.05) is 31.1 Å². The number of nitrogens with zero attached hydrogens (tertiary/aromatic N) is 3. The standard InChI is InChI=1S/C11H18N3P/c1-10(2)13-4-6-14(7-5-13)11-3-8-15-9-12-11/h3,8-10H,4-7H2,1-2H3. The Bertz CT molecular complexity index is 294. The third-order valence-corrected chi connectivity index (χ3v) is 3.50. The van der Waals surface area contributed by atoms with Crippen LogP contribution in [0.25, 0.3) is 0 Å². The number of anilines is 1. The molecular weight excluding hydrogens is 205 g/mol. The Kier molecular flexibility index (Phi) is 3.55. The second-order valence-corrected chi connectivity index (χ2v) is 5.01. The number of rotatable bonds is 2. The average molecular weight is 223 g/mol. The number of hydrogen-bond donors (Lipinski definition) is 0. The van der Waals surface area contributed by atoms with Gasteiger partial charge in [0.2, 0.25) is 0 Å². The molecular formula is C11H18N3P. The van der Waals surface area contributed by atoms with Crippen molar-refractivity contribution in [3.63, 3.8) is 0 Å². The fourth-order valence-corrected chi connectivity index (χ4v) is 2.42. The second-order valence-electron chi connectivity index (χ2n) is 4.18. The lowest BCUT2D eigenvalue weighted by molar-refractivity contribution is 0.209. The molecule has 1 aromatic heterocycles. The van der Waals surface area contributed by atoms with Crippen LogP contribution in [0.15, 0.2) is 17.8 Å². The third-order valence-electron chi connectivity index (χ3n) is 2.93. The van der Waals surface area contributed by atoms with E-state index in [1.807, 2.05) is 5.93 Å². The van der Waals surface area contributed by atoms with Gasteiger partial charge < -0.3 is 4.90 Å². The number of piperazine rings is 1. The van der Waals surface area contributed by atoms with Crippen molar-refractivity contribution in [1.29, 1.82) is 0 Å². The lowest BCUT2D eigenvalue weighted by atomic mass is 10.2. The van der Waals surface area contributed by atoms with Crippen LogP contribution in [0.1, 0.15) is 13.8 Å². The van der Waals surface area contributed by atoms with Gasteiger partial charge in [-0.3, -0.25) is 4.90 Å². The van der Waals surface area contributed by atoms with E-state index in [1.54, 1.807) is 0 Å². The molecule has 1 saturated heterocycles. The van der Waals surface area contributed by atoms with Crippen molar-refractivity contribution < 1.29 is 0 Å².